The van der Waals surface area contributed by atoms with E-state index in [1.165, 1.54) is 30.5 Å². The molecule has 118 valence electrons. The van der Waals surface area contributed by atoms with Crippen molar-refractivity contribution in [1.29, 1.82) is 0 Å². The molecule has 0 aliphatic rings. The van der Waals surface area contributed by atoms with E-state index in [9.17, 15) is 14.0 Å². The zero-order chi connectivity index (χ0) is 16.8. The molecule has 6 heteroatoms. The molecule has 0 bridgehead atoms. The van der Waals surface area contributed by atoms with Crippen molar-refractivity contribution >= 4 is 23.7 Å². The van der Waals surface area contributed by atoms with Crippen molar-refractivity contribution in [2.24, 2.45) is 5.10 Å². The summed E-state index contributed by atoms with van der Waals surface area (Å²) in [5.41, 5.74) is 5.13. The van der Waals surface area contributed by atoms with Crippen LogP contribution in [0.15, 0.2) is 47.6 Å². The van der Waals surface area contributed by atoms with E-state index in [1.807, 2.05) is 26.0 Å². The Morgan fingerprint density at radius 1 is 1.04 bits per heavy atom. The molecule has 2 aromatic carbocycles. The number of rotatable bonds is 3. The maximum absolute atomic E-state index is 12.7. The van der Waals surface area contributed by atoms with Gasteiger partial charge in [-0.25, -0.2) is 9.82 Å². The molecular weight excluding hydrogens is 297 g/mol. The average Bonchev–Trinajstić information content (AvgIpc) is 2.52. The van der Waals surface area contributed by atoms with Crippen LogP contribution < -0.4 is 10.7 Å². The lowest BCUT2D eigenvalue weighted by Crippen LogP contribution is -2.32. The number of amides is 2. The molecule has 0 heterocycles. The zero-order valence-corrected chi connectivity index (χ0v) is 12.8. The van der Waals surface area contributed by atoms with Gasteiger partial charge in [-0.1, -0.05) is 24.3 Å². The maximum Gasteiger partial charge on any atom is 0.329 e. The normalized spacial score (nSPS) is 10.6. The summed E-state index contributed by atoms with van der Waals surface area (Å²) in [6.07, 6.45) is 1.32. The molecule has 0 saturated heterocycles. The minimum atomic E-state index is -0.885. The van der Waals surface area contributed by atoms with Crippen LogP contribution in [0.3, 0.4) is 0 Å². The van der Waals surface area contributed by atoms with Crippen LogP contribution in [0, 0.1) is 19.7 Å². The van der Waals surface area contributed by atoms with Crippen molar-refractivity contribution in [2.45, 2.75) is 13.8 Å². The van der Waals surface area contributed by atoms with Crippen LogP contribution in [0.2, 0.25) is 0 Å². The van der Waals surface area contributed by atoms with E-state index in [0.29, 0.717) is 11.3 Å². The Labute approximate surface area is 133 Å². The number of hydrogen-bond acceptors (Lipinski definition) is 3. The van der Waals surface area contributed by atoms with Crippen LogP contribution in [0.1, 0.15) is 16.7 Å². The summed E-state index contributed by atoms with van der Waals surface area (Å²) in [5.74, 6) is -2.06. The zero-order valence-electron chi connectivity index (χ0n) is 12.8. The van der Waals surface area contributed by atoms with Crippen LogP contribution in [0.4, 0.5) is 10.1 Å². The second-order valence-corrected chi connectivity index (χ2v) is 5.02. The van der Waals surface area contributed by atoms with Gasteiger partial charge in [-0.2, -0.15) is 5.10 Å². The highest BCUT2D eigenvalue weighted by atomic mass is 19.1. The lowest BCUT2D eigenvalue weighted by atomic mass is 10.1. The number of hydrogen-bond donors (Lipinski definition) is 2. The highest BCUT2D eigenvalue weighted by molar-refractivity contribution is 6.39. The molecule has 0 aliphatic heterocycles. The molecule has 23 heavy (non-hydrogen) atoms. The summed E-state index contributed by atoms with van der Waals surface area (Å²) in [4.78, 5) is 23.5. The molecule has 0 spiro atoms. The van der Waals surface area contributed by atoms with Gasteiger partial charge in [-0.15, -0.1) is 0 Å². The third-order valence-electron chi connectivity index (χ3n) is 3.10. The second-order valence-electron chi connectivity index (χ2n) is 5.02. The van der Waals surface area contributed by atoms with E-state index in [2.05, 4.69) is 15.8 Å². The van der Waals surface area contributed by atoms with Crippen LogP contribution >= 0.6 is 0 Å². The van der Waals surface area contributed by atoms with Crippen LogP contribution in [0.5, 0.6) is 0 Å². The van der Waals surface area contributed by atoms with E-state index in [-0.39, 0.29) is 5.82 Å². The first-order valence-corrected chi connectivity index (χ1v) is 6.93. The van der Waals surface area contributed by atoms with Crippen molar-refractivity contribution in [3.8, 4) is 0 Å². The first kappa shape index (κ1) is 16.4. The molecule has 2 aromatic rings. The number of nitrogens with zero attached hydrogens (tertiary/aromatic N) is 1. The Balaban J connectivity index is 1.93. The Morgan fingerprint density at radius 3 is 2.43 bits per heavy atom. The van der Waals surface area contributed by atoms with E-state index in [1.54, 1.807) is 6.07 Å². The molecule has 0 aliphatic carbocycles. The van der Waals surface area contributed by atoms with Crippen molar-refractivity contribution in [1.82, 2.24) is 5.43 Å². The van der Waals surface area contributed by atoms with Crippen LogP contribution in [-0.4, -0.2) is 18.0 Å². The smallest absolute Gasteiger partial charge is 0.317 e. The van der Waals surface area contributed by atoms with Gasteiger partial charge < -0.3 is 5.32 Å². The number of anilines is 1. The molecule has 0 aromatic heterocycles. The van der Waals surface area contributed by atoms with Gasteiger partial charge in [0.15, 0.2) is 0 Å². The number of halogens is 1. The Kier molecular flexibility index (Phi) is 5.19. The number of hydrazone groups is 1. The molecule has 2 amide bonds. The number of benzene rings is 2. The molecule has 0 radical (unpaired) electrons. The maximum atomic E-state index is 12.7. The number of nitrogens with one attached hydrogen (secondary N) is 2. The quantitative estimate of drug-likeness (QED) is 0.519. The third-order valence-corrected chi connectivity index (χ3v) is 3.10. The molecule has 0 atom stereocenters. The van der Waals surface area contributed by atoms with Crippen molar-refractivity contribution in [3.05, 3.63) is 65.0 Å². The lowest BCUT2D eigenvalue weighted by Gasteiger charge is -2.08. The van der Waals surface area contributed by atoms with Gasteiger partial charge in [0, 0.05) is 5.69 Å². The molecular formula is C17H16FN3O2. The Bertz CT molecular complexity index is 755. The van der Waals surface area contributed by atoms with E-state index in [0.717, 1.165) is 11.1 Å². The van der Waals surface area contributed by atoms with Gasteiger partial charge in [-0.3, -0.25) is 9.59 Å². The SMILES string of the molecule is Cc1ccc(C)c(NC(=O)C(=O)NN=Cc2ccc(F)cc2)c1. The molecule has 0 unspecified atom stereocenters. The van der Waals surface area contributed by atoms with Gasteiger partial charge >= 0.3 is 11.8 Å². The molecule has 2 rings (SSSR count). The van der Waals surface area contributed by atoms with E-state index >= 15 is 0 Å². The largest absolute Gasteiger partial charge is 0.329 e. The van der Waals surface area contributed by atoms with Crippen molar-refractivity contribution in [3.63, 3.8) is 0 Å². The fraction of sp³-hybridized carbons (Fsp3) is 0.118. The molecule has 0 saturated carbocycles. The summed E-state index contributed by atoms with van der Waals surface area (Å²) in [6, 6.07) is 11.1. The number of aryl methyl sites for hydroxylation is 2. The van der Waals surface area contributed by atoms with Crippen LogP contribution in [-0.2, 0) is 9.59 Å². The highest BCUT2D eigenvalue weighted by Crippen LogP contribution is 2.16. The minimum Gasteiger partial charge on any atom is -0.317 e. The van der Waals surface area contributed by atoms with Crippen molar-refractivity contribution in [2.75, 3.05) is 5.32 Å². The molecule has 2 N–H and O–H groups in total. The summed E-state index contributed by atoms with van der Waals surface area (Å²) in [5, 5.41) is 6.20. The lowest BCUT2D eigenvalue weighted by molar-refractivity contribution is -0.136. The third kappa shape index (κ3) is 4.74. The van der Waals surface area contributed by atoms with Crippen molar-refractivity contribution < 1.29 is 14.0 Å². The first-order chi connectivity index (χ1) is 11.0. The highest BCUT2D eigenvalue weighted by Gasteiger charge is 2.13. The average molecular weight is 313 g/mol. The standard InChI is InChI=1S/C17H16FN3O2/c1-11-3-4-12(2)15(9-11)20-16(22)17(23)21-19-10-13-5-7-14(18)8-6-13/h3-10H,1-2H3,(H,20,22)(H,21,23). The minimum absolute atomic E-state index is 0.362. The van der Waals surface area contributed by atoms with Gasteiger partial charge in [0.2, 0.25) is 0 Å². The first-order valence-electron chi connectivity index (χ1n) is 6.93. The van der Waals surface area contributed by atoms with Crippen LogP contribution in [0.25, 0.3) is 0 Å². The van der Waals surface area contributed by atoms with Gasteiger partial charge in [-0.05, 0) is 48.7 Å². The predicted octanol–water partition coefficient (Wildman–Crippen LogP) is 2.53. The summed E-state index contributed by atoms with van der Waals surface area (Å²) >= 11 is 0. The predicted molar refractivity (Wildman–Crippen MR) is 86.7 cm³/mol. The van der Waals surface area contributed by atoms with E-state index in [4.69, 9.17) is 0 Å². The second kappa shape index (κ2) is 7.31. The van der Waals surface area contributed by atoms with Gasteiger partial charge in [0.05, 0.1) is 6.21 Å². The fourth-order valence-corrected chi connectivity index (χ4v) is 1.81. The fourth-order valence-electron chi connectivity index (χ4n) is 1.81. The number of carbonyl (C=O) groups is 2. The number of carbonyl (C=O) groups excluding carboxylic acids is 2. The summed E-state index contributed by atoms with van der Waals surface area (Å²) in [6.45, 7) is 3.72. The van der Waals surface area contributed by atoms with Gasteiger partial charge in [0.1, 0.15) is 5.82 Å². The van der Waals surface area contributed by atoms with E-state index < -0.39 is 11.8 Å². The molecule has 0 fully saturated rings. The molecule has 5 nitrogen and oxygen atoms in total. The van der Waals surface area contributed by atoms with Gasteiger partial charge in [0.25, 0.3) is 0 Å². The monoisotopic (exact) mass is 313 g/mol. The summed E-state index contributed by atoms with van der Waals surface area (Å²) in [7, 11) is 0. The Morgan fingerprint density at radius 2 is 1.74 bits per heavy atom. The topological polar surface area (TPSA) is 70.6 Å². The Hall–Kier alpha value is -3.02. The summed E-state index contributed by atoms with van der Waals surface area (Å²) < 4.78 is 12.7.